The quantitative estimate of drug-likeness (QED) is 0.827. The first-order valence-corrected chi connectivity index (χ1v) is 8.93. The number of carbonyl (C=O) groups excluding carboxylic acids is 1. The lowest BCUT2D eigenvalue weighted by atomic mass is 9.90. The predicted octanol–water partition coefficient (Wildman–Crippen LogP) is 2.57. The number of amides is 1. The molecule has 5 nitrogen and oxygen atoms in total. The molecule has 0 saturated heterocycles. The van der Waals surface area contributed by atoms with E-state index in [2.05, 4.69) is 21.2 Å². The van der Waals surface area contributed by atoms with Gasteiger partial charge in [-0.15, -0.1) is 0 Å². The molecule has 0 atom stereocenters. The Labute approximate surface area is 134 Å². The third kappa shape index (κ3) is 4.79. The molecule has 0 aliphatic heterocycles. The highest BCUT2D eigenvalue weighted by atomic mass is 79.9. The Morgan fingerprint density at radius 1 is 1.38 bits per heavy atom. The maximum absolute atomic E-state index is 12.2. The molecule has 0 aliphatic rings. The molecule has 1 aromatic rings. The number of benzene rings is 1. The Kier molecular flexibility index (Phi) is 5.57. The molecule has 0 fully saturated rings. The maximum Gasteiger partial charge on any atom is 0.251 e. The van der Waals surface area contributed by atoms with Crippen molar-refractivity contribution < 1.29 is 13.2 Å². The van der Waals surface area contributed by atoms with Crippen molar-refractivity contribution in [2.24, 2.45) is 10.6 Å². The van der Waals surface area contributed by atoms with E-state index in [1.165, 1.54) is 6.07 Å². The molecule has 0 heterocycles. The summed E-state index contributed by atoms with van der Waals surface area (Å²) in [5.41, 5.74) is 0.742. The molecule has 1 amide bonds. The molecule has 1 rings (SSSR count). The summed E-state index contributed by atoms with van der Waals surface area (Å²) in [6, 6.07) is 2.90. The summed E-state index contributed by atoms with van der Waals surface area (Å²) in [6.07, 6.45) is 0.924. The second-order valence-electron chi connectivity index (χ2n) is 5.83. The van der Waals surface area contributed by atoms with E-state index in [0.29, 0.717) is 16.6 Å². The van der Waals surface area contributed by atoms with Gasteiger partial charge in [-0.05, 0) is 36.5 Å². The molecule has 118 valence electrons. The number of carbonyl (C=O) groups is 1. The average Bonchev–Trinajstić information content (AvgIpc) is 2.37. The van der Waals surface area contributed by atoms with Crippen LogP contribution in [0.3, 0.4) is 0 Å². The van der Waals surface area contributed by atoms with E-state index >= 15 is 0 Å². The topological polar surface area (TPSA) is 89.3 Å². The zero-order valence-electron chi connectivity index (χ0n) is 12.7. The molecule has 0 saturated carbocycles. The first-order chi connectivity index (χ1) is 9.48. The van der Waals surface area contributed by atoms with Crippen LogP contribution in [0.15, 0.2) is 21.5 Å². The zero-order chi connectivity index (χ0) is 16.4. The lowest BCUT2D eigenvalue weighted by Gasteiger charge is -2.23. The van der Waals surface area contributed by atoms with Crippen molar-refractivity contribution in [3.8, 4) is 0 Å². The van der Waals surface area contributed by atoms with Gasteiger partial charge in [0.2, 0.25) is 10.0 Å². The molecular weight excluding hydrogens is 356 g/mol. The molecule has 0 radical (unpaired) electrons. The van der Waals surface area contributed by atoms with Crippen LogP contribution in [-0.4, -0.2) is 20.9 Å². The number of nitrogens with one attached hydrogen (secondary N) is 1. The van der Waals surface area contributed by atoms with Gasteiger partial charge in [0.25, 0.3) is 5.91 Å². The largest absolute Gasteiger partial charge is 0.352 e. The molecule has 0 bridgehead atoms. The number of sulfonamides is 1. The molecule has 0 spiro atoms. The van der Waals surface area contributed by atoms with E-state index in [4.69, 9.17) is 5.14 Å². The zero-order valence-corrected chi connectivity index (χ0v) is 15.1. The smallest absolute Gasteiger partial charge is 0.251 e. The molecule has 21 heavy (non-hydrogen) atoms. The average molecular weight is 377 g/mol. The summed E-state index contributed by atoms with van der Waals surface area (Å²) in [5.74, 6) is -0.317. The van der Waals surface area contributed by atoms with E-state index in [0.717, 1.165) is 6.42 Å². The lowest BCUT2D eigenvalue weighted by Crippen LogP contribution is -2.33. The fourth-order valence-corrected chi connectivity index (χ4v) is 3.05. The second kappa shape index (κ2) is 6.46. The molecule has 7 heteroatoms. The molecule has 3 N–H and O–H groups in total. The first-order valence-electron chi connectivity index (χ1n) is 6.59. The number of nitrogens with two attached hydrogens (primary N) is 1. The summed E-state index contributed by atoms with van der Waals surface area (Å²) in [6.45, 7) is 8.29. The number of hydrogen-bond acceptors (Lipinski definition) is 3. The Bertz CT molecular complexity index is 654. The van der Waals surface area contributed by atoms with E-state index in [1.807, 2.05) is 20.8 Å². The lowest BCUT2D eigenvalue weighted by molar-refractivity contribution is 0.0935. The molecular formula is C14H21BrN2O3S. The number of rotatable bonds is 5. The van der Waals surface area contributed by atoms with Crippen molar-refractivity contribution in [2.45, 2.75) is 39.0 Å². The van der Waals surface area contributed by atoms with Crippen molar-refractivity contribution >= 4 is 31.9 Å². The van der Waals surface area contributed by atoms with Crippen molar-refractivity contribution in [2.75, 3.05) is 6.54 Å². The third-order valence-corrected chi connectivity index (χ3v) is 5.41. The van der Waals surface area contributed by atoms with Gasteiger partial charge >= 0.3 is 0 Å². The van der Waals surface area contributed by atoms with Crippen molar-refractivity contribution in [1.29, 1.82) is 0 Å². The summed E-state index contributed by atoms with van der Waals surface area (Å²) >= 11 is 3.26. The van der Waals surface area contributed by atoms with Gasteiger partial charge in [-0.1, -0.05) is 36.7 Å². The normalized spacial score (nSPS) is 12.3. The van der Waals surface area contributed by atoms with E-state index in [1.54, 1.807) is 13.0 Å². The Morgan fingerprint density at radius 3 is 2.43 bits per heavy atom. The standard InChI is InChI=1S/C14H21BrN2O3S/c1-5-14(3,4)8-17-13(18)10-6-11(15)9(2)12(7-10)21(16,19)20/h6-7H,5,8H2,1-4H3,(H,17,18)(H2,16,19,20). The van der Waals surface area contributed by atoms with Crippen LogP contribution < -0.4 is 10.5 Å². The second-order valence-corrected chi connectivity index (χ2v) is 8.21. The van der Waals surface area contributed by atoms with Gasteiger partial charge < -0.3 is 5.32 Å². The Balaban J connectivity index is 3.10. The van der Waals surface area contributed by atoms with Crippen LogP contribution in [0.1, 0.15) is 43.1 Å². The summed E-state index contributed by atoms with van der Waals surface area (Å²) in [5, 5.41) is 8.00. The van der Waals surface area contributed by atoms with Crippen LogP contribution in [-0.2, 0) is 10.0 Å². The molecule has 1 aromatic carbocycles. The summed E-state index contributed by atoms with van der Waals surface area (Å²) in [4.78, 5) is 12.1. The highest BCUT2D eigenvalue weighted by Crippen LogP contribution is 2.25. The van der Waals surface area contributed by atoms with Crippen LogP contribution in [0.5, 0.6) is 0 Å². The minimum absolute atomic E-state index is 0.0135. The third-order valence-electron chi connectivity index (χ3n) is 3.55. The van der Waals surface area contributed by atoms with Gasteiger partial charge in [-0.2, -0.15) is 0 Å². The fraction of sp³-hybridized carbons (Fsp3) is 0.500. The monoisotopic (exact) mass is 376 g/mol. The number of halogens is 1. The minimum atomic E-state index is -3.87. The van der Waals surface area contributed by atoms with Gasteiger partial charge in [0, 0.05) is 16.6 Å². The Morgan fingerprint density at radius 2 is 1.95 bits per heavy atom. The number of primary sulfonamides is 1. The Hall–Kier alpha value is -0.920. The molecule has 0 aliphatic carbocycles. The van der Waals surface area contributed by atoms with Crippen molar-refractivity contribution in [3.63, 3.8) is 0 Å². The maximum atomic E-state index is 12.2. The van der Waals surface area contributed by atoms with Crippen LogP contribution in [0.2, 0.25) is 0 Å². The van der Waals surface area contributed by atoms with Gasteiger partial charge in [-0.25, -0.2) is 13.6 Å². The van der Waals surface area contributed by atoms with Crippen molar-refractivity contribution in [1.82, 2.24) is 5.32 Å². The highest BCUT2D eigenvalue weighted by Gasteiger charge is 2.20. The van der Waals surface area contributed by atoms with E-state index in [-0.39, 0.29) is 21.8 Å². The SMILES string of the molecule is CCC(C)(C)CNC(=O)c1cc(Br)c(C)c(S(N)(=O)=O)c1. The summed E-state index contributed by atoms with van der Waals surface area (Å²) in [7, 11) is -3.87. The first kappa shape index (κ1) is 18.1. The number of hydrogen-bond donors (Lipinski definition) is 2. The van der Waals surface area contributed by atoms with Crippen LogP contribution in [0.4, 0.5) is 0 Å². The predicted molar refractivity (Wildman–Crippen MR) is 86.7 cm³/mol. The van der Waals surface area contributed by atoms with Crippen LogP contribution >= 0.6 is 15.9 Å². The van der Waals surface area contributed by atoms with Crippen LogP contribution in [0, 0.1) is 12.3 Å². The van der Waals surface area contributed by atoms with Gasteiger partial charge in [0.05, 0.1) is 4.90 Å². The van der Waals surface area contributed by atoms with E-state index < -0.39 is 10.0 Å². The summed E-state index contributed by atoms with van der Waals surface area (Å²) < 4.78 is 23.7. The van der Waals surface area contributed by atoms with Crippen molar-refractivity contribution in [3.05, 3.63) is 27.7 Å². The van der Waals surface area contributed by atoms with Gasteiger partial charge in [0.1, 0.15) is 0 Å². The molecule has 0 aromatic heterocycles. The highest BCUT2D eigenvalue weighted by molar-refractivity contribution is 9.10. The van der Waals surface area contributed by atoms with Gasteiger partial charge in [-0.3, -0.25) is 4.79 Å². The van der Waals surface area contributed by atoms with Gasteiger partial charge in [0.15, 0.2) is 0 Å². The molecule has 0 unspecified atom stereocenters. The van der Waals surface area contributed by atoms with E-state index in [9.17, 15) is 13.2 Å². The minimum Gasteiger partial charge on any atom is -0.352 e. The van der Waals surface area contributed by atoms with Crippen LogP contribution in [0.25, 0.3) is 0 Å². The fourth-order valence-electron chi connectivity index (χ4n) is 1.63.